The molecule has 0 saturated heterocycles. The Balaban J connectivity index is 1.79. The first kappa shape index (κ1) is 20.6. The fourth-order valence-electron chi connectivity index (χ4n) is 5.67. The maximum absolute atomic E-state index is 13.7. The van der Waals surface area contributed by atoms with Crippen molar-refractivity contribution in [3.8, 4) is 11.1 Å². The minimum Gasteiger partial charge on any atom is -0.343 e. The standard InChI is InChI=1S/C28H29N3O/c1-5-28(20-9-6-8-19(14-20)21-11-13-29-17-18(21)2)22-10-7-12-30-26(22)31-23-15-27(3,4)16-24(32)25(23)28/h6-14,17H,5,15-16H2,1-4H3,(H,30,31)/t28-/m0/s1. The molecule has 3 aromatic rings. The third-order valence-electron chi connectivity index (χ3n) is 7.06. The van der Waals surface area contributed by atoms with E-state index < -0.39 is 5.41 Å². The number of rotatable bonds is 3. The average molecular weight is 424 g/mol. The SMILES string of the molecule is CC[C@@]1(c2cccc(-c3ccncc3C)c2)C2=C(CC(C)(C)CC2=O)Nc2ncccc21. The van der Waals surface area contributed by atoms with Crippen LogP contribution < -0.4 is 5.32 Å². The molecule has 1 aliphatic heterocycles. The van der Waals surface area contributed by atoms with Crippen molar-refractivity contribution in [3.63, 3.8) is 0 Å². The van der Waals surface area contributed by atoms with E-state index in [1.165, 1.54) is 5.56 Å². The quantitative estimate of drug-likeness (QED) is 0.544. The first-order chi connectivity index (χ1) is 15.4. The summed E-state index contributed by atoms with van der Waals surface area (Å²) in [6.45, 7) is 8.61. The third-order valence-corrected chi connectivity index (χ3v) is 7.06. The smallest absolute Gasteiger partial charge is 0.162 e. The molecule has 0 spiro atoms. The molecule has 0 amide bonds. The monoisotopic (exact) mass is 423 g/mol. The second kappa shape index (κ2) is 7.40. The number of carbonyl (C=O) groups excluding carboxylic acids is 1. The van der Waals surface area contributed by atoms with Crippen LogP contribution in [0.25, 0.3) is 11.1 Å². The van der Waals surface area contributed by atoms with Gasteiger partial charge in [-0.25, -0.2) is 4.98 Å². The van der Waals surface area contributed by atoms with E-state index in [2.05, 4.69) is 79.4 Å². The maximum Gasteiger partial charge on any atom is 0.162 e. The highest BCUT2D eigenvalue weighted by atomic mass is 16.1. The van der Waals surface area contributed by atoms with Gasteiger partial charge >= 0.3 is 0 Å². The molecule has 1 aliphatic carbocycles. The molecular formula is C28H29N3O. The molecule has 0 unspecified atom stereocenters. The van der Waals surface area contributed by atoms with Crippen LogP contribution >= 0.6 is 0 Å². The van der Waals surface area contributed by atoms with Gasteiger partial charge in [0.15, 0.2) is 5.78 Å². The molecule has 0 radical (unpaired) electrons. The predicted octanol–water partition coefficient (Wildman–Crippen LogP) is 6.22. The van der Waals surface area contributed by atoms with Gasteiger partial charge in [0.2, 0.25) is 0 Å². The zero-order valence-corrected chi connectivity index (χ0v) is 19.2. The molecule has 0 bridgehead atoms. The molecule has 4 heteroatoms. The number of anilines is 1. The Labute approximate surface area is 189 Å². The fraction of sp³-hybridized carbons (Fsp3) is 0.321. The summed E-state index contributed by atoms with van der Waals surface area (Å²) in [6.07, 6.45) is 7.75. The fourth-order valence-corrected chi connectivity index (χ4v) is 5.67. The van der Waals surface area contributed by atoms with E-state index in [1.54, 1.807) is 0 Å². The van der Waals surface area contributed by atoms with E-state index >= 15 is 0 Å². The van der Waals surface area contributed by atoms with E-state index in [4.69, 9.17) is 0 Å². The number of nitrogens with zero attached hydrogens (tertiary/aromatic N) is 2. The van der Waals surface area contributed by atoms with E-state index in [0.717, 1.165) is 52.2 Å². The number of Topliss-reactive ketones (excluding diaryl/α,β-unsaturated/α-hetero) is 1. The van der Waals surface area contributed by atoms with Crippen LogP contribution in [0, 0.1) is 12.3 Å². The predicted molar refractivity (Wildman–Crippen MR) is 128 cm³/mol. The van der Waals surface area contributed by atoms with Gasteiger partial charge < -0.3 is 5.32 Å². The Kier molecular flexibility index (Phi) is 4.77. The van der Waals surface area contributed by atoms with Crippen LogP contribution in [0.15, 0.2) is 72.3 Å². The largest absolute Gasteiger partial charge is 0.343 e. The Bertz CT molecular complexity index is 1260. The number of nitrogens with one attached hydrogen (secondary N) is 1. The van der Waals surface area contributed by atoms with Crippen LogP contribution in [-0.2, 0) is 10.2 Å². The Morgan fingerprint density at radius 3 is 2.69 bits per heavy atom. The molecule has 2 aromatic heterocycles. The van der Waals surface area contributed by atoms with Crippen molar-refractivity contribution < 1.29 is 4.79 Å². The highest BCUT2D eigenvalue weighted by Crippen LogP contribution is 2.54. The van der Waals surface area contributed by atoms with Crippen molar-refractivity contribution in [3.05, 3.63) is 89.0 Å². The zero-order valence-electron chi connectivity index (χ0n) is 19.2. The van der Waals surface area contributed by atoms with Gasteiger partial charge in [0, 0.05) is 41.8 Å². The molecular weight excluding hydrogens is 394 g/mol. The molecule has 32 heavy (non-hydrogen) atoms. The minimum atomic E-state index is -0.519. The van der Waals surface area contributed by atoms with Crippen LogP contribution in [-0.4, -0.2) is 15.8 Å². The summed E-state index contributed by atoms with van der Waals surface area (Å²) >= 11 is 0. The van der Waals surface area contributed by atoms with E-state index in [0.29, 0.717) is 6.42 Å². The number of pyridine rings is 2. The number of fused-ring (bicyclic) bond motifs is 1. The molecule has 1 aromatic carbocycles. The van der Waals surface area contributed by atoms with E-state index in [-0.39, 0.29) is 11.2 Å². The summed E-state index contributed by atoms with van der Waals surface area (Å²) in [5, 5.41) is 3.54. The molecule has 5 rings (SSSR count). The molecule has 1 N–H and O–H groups in total. The van der Waals surface area contributed by atoms with Gasteiger partial charge in [-0.3, -0.25) is 9.78 Å². The van der Waals surface area contributed by atoms with Crippen molar-refractivity contribution in [1.82, 2.24) is 9.97 Å². The first-order valence-corrected chi connectivity index (χ1v) is 11.4. The van der Waals surface area contributed by atoms with Gasteiger partial charge in [-0.1, -0.05) is 45.0 Å². The Hall–Kier alpha value is -3.27. The van der Waals surface area contributed by atoms with Crippen molar-refractivity contribution in [2.45, 2.75) is 52.4 Å². The van der Waals surface area contributed by atoms with Crippen molar-refractivity contribution in [2.75, 3.05) is 5.32 Å². The summed E-state index contributed by atoms with van der Waals surface area (Å²) in [7, 11) is 0. The lowest BCUT2D eigenvalue weighted by atomic mass is 9.59. The molecule has 4 nitrogen and oxygen atoms in total. The molecule has 2 aliphatic rings. The molecule has 1 atom stereocenters. The van der Waals surface area contributed by atoms with Crippen LogP contribution in [0.5, 0.6) is 0 Å². The van der Waals surface area contributed by atoms with Gasteiger partial charge in [-0.05, 0) is 65.6 Å². The summed E-state index contributed by atoms with van der Waals surface area (Å²) in [4.78, 5) is 22.6. The normalized spacial score (nSPS) is 21.6. The van der Waals surface area contributed by atoms with Gasteiger partial charge in [0.25, 0.3) is 0 Å². The van der Waals surface area contributed by atoms with Gasteiger partial charge in [0.05, 0.1) is 5.41 Å². The summed E-state index contributed by atoms with van der Waals surface area (Å²) in [6, 6.07) is 14.8. The summed E-state index contributed by atoms with van der Waals surface area (Å²) in [5.74, 6) is 1.11. The Morgan fingerprint density at radius 1 is 1.06 bits per heavy atom. The summed E-state index contributed by atoms with van der Waals surface area (Å²) in [5.41, 5.74) is 7.04. The van der Waals surface area contributed by atoms with Crippen LogP contribution in [0.2, 0.25) is 0 Å². The van der Waals surface area contributed by atoms with E-state index in [1.807, 2.05) is 24.7 Å². The van der Waals surface area contributed by atoms with Crippen molar-refractivity contribution in [1.29, 1.82) is 0 Å². The number of hydrogen-bond donors (Lipinski definition) is 1. The lowest BCUT2D eigenvalue weighted by Crippen LogP contribution is -2.43. The molecule has 162 valence electrons. The highest BCUT2D eigenvalue weighted by Gasteiger charge is 2.49. The van der Waals surface area contributed by atoms with Crippen molar-refractivity contribution in [2.24, 2.45) is 5.41 Å². The average Bonchev–Trinajstić information content (AvgIpc) is 2.77. The lowest BCUT2D eigenvalue weighted by molar-refractivity contribution is -0.118. The molecule has 3 heterocycles. The van der Waals surface area contributed by atoms with E-state index in [9.17, 15) is 4.79 Å². The molecule has 0 saturated carbocycles. The second-order valence-corrected chi connectivity index (χ2v) is 9.85. The van der Waals surface area contributed by atoms with Crippen LogP contribution in [0.1, 0.15) is 56.7 Å². The van der Waals surface area contributed by atoms with Crippen molar-refractivity contribution >= 4 is 11.6 Å². The lowest BCUT2D eigenvalue weighted by Gasteiger charge is -2.46. The van der Waals surface area contributed by atoms with Gasteiger partial charge in [-0.15, -0.1) is 0 Å². The maximum atomic E-state index is 13.7. The number of hydrogen-bond acceptors (Lipinski definition) is 4. The third kappa shape index (κ3) is 3.09. The van der Waals surface area contributed by atoms with Gasteiger partial charge in [-0.2, -0.15) is 0 Å². The minimum absolute atomic E-state index is 0.0648. The zero-order chi connectivity index (χ0) is 22.5. The summed E-state index contributed by atoms with van der Waals surface area (Å²) < 4.78 is 0. The number of aromatic nitrogens is 2. The van der Waals surface area contributed by atoms with Crippen LogP contribution in [0.3, 0.4) is 0 Å². The second-order valence-electron chi connectivity index (χ2n) is 9.85. The highest BCUT2D eigenvalue weighted by molar-refractivity contribution is 6.03. The topological polar surface area (TPSA) is 54.9 Å². The number of benzene rings is 1. The first-order valence-electron chi connectivity index (χ1n) is 11.4. The molecule has 0 fully saturated rings. The number of allylic oxidation sites excluding steroid dienone is 2. The number of aryl methyl sites for hydroxylation is 1. The Morgan fingerprint density at radius 2 is 1.91 bits per heavy atom. The van der Waals surface area contributed by atoms with Crippen LogP contribution in [0.4, 0.5) is 5.82 Å². The number of ketones is 1. The van der Waals surface area contributed by atoms with Gasteiger partial charge in [0.1, 0.15) is 5.82 Å². The number of carbonyl (C=O) groups is 1.